The lowest BCUT2D eigenvalue weighted by Gasteiger charge is -2.34. The lowest BCUT2D eigenvalue weighted by Crippen LogP contribution is -2.45. The van der Waals surface area contributed by atoms with Crippen LogP contribution in [0.15, 0.2) is 54.6 Å². The van der Waals surface area contributed by atoms with Crippen LogP contribution in [0.25, 0.3) is 22.0 Å². The summed E-state index contributed by atoms with van der Waals surface area (Å²) in [4.78, 5) is 21.4. The van der Waals surface area contributed by atoms with E-state index in [1.807, 2.05) is 42.5 Å². The molecule has 1 fully saturated rings. The Morgan fingerprint density at radius 3 is 2.20 bits per heavy atom. The van der Waals surface area contributed by atoms with Crippen LogP contribution in [-0.4, -0.2) is 49.4 Å². The molecule has 0 atom stereocenters. The third-order valence-electron chi connectivity index (χ3n) is 4.90. The van der Waals surface area contributed by atoms with Gasteiger partial charge < -0.3 is 9.80 Å². The number of hydrogen-bond donors (Lipinski definition) is 0. The highest BCUT2D eigenvalue weighted by Gasteiger charge is 2.22. The van der Waals surface area contributed by atoms with Gasteiger partial charge in [-0.15, -0.1) is 0 Å². The Morgan fingerprint density at radius 1 is 0.880 bits per heavy atom. The Labute approximate surface area is 147 Å². The van der Waals surface area contributed by atoms with E-state index in [0.29, 0.717) is 5.56 Å². The summed E-state index contributed by atoms with van der Waals surface area (Å²) in [5.74, 6) is 0.806. The molecule has 1 aromatic heterocycles. The minimum Gasteiger partial charge on any atom is -0.353 e. The number of aromatic nitrogens is 1. The normalized spacial score (nSPS) is 15.5. The second-order valence-corrected chi connectivity index (χ2v) is 6.52. The Morgan fingerprint density at radius 2 is 1.52 bits per heavy atom. The molecular formula is C21H21N3O. The Hall–Kier alpha value is -2.72. The molecule has 0 saturated carbocycles. The molecule has 1 aliphatic rings. The minimum atomic E-state index is 0.694. The number of carbonyl (C=O) groups is 1. The maximum absolute atomic E-state index is 11.9. The van der Waals surface area contributed by atoms with E-state index in [-0.39, 0.29) is 0 Å². The number of pyridine rings is 1. The molecule has 0 amide bonds. The lowest BCUT2D eigenvalue weighted by molar-refractivity contribution is 0.112. The summed E-state index contributed by atoms with van der Waals surface area (Å²) in [5.41, 5.74) is 2.71. The molecule has 0 radical (unpaired) electrons. The van der Waals surface area contributed by atoms with Gasteiger partial charge in [-0.1, -0.05) is 54.6 Å². The second-order valence-electron chi connectivity index (χ2n) is 6.52. The van der Waals surface area contributed by atoms with Gasteiger partial charge in [-0.05, 0) is 12.4 Å². The zero-order chi connectivity index (χ0) is 17.2. The molecule has 0 aliphatic carbocycles. The van der Waals surface area contributed by atoms with E-state index in [2.05, 4.69) is 29.0 Å². The van der Waals surface area contributed by atoms with Crippen molar-refractivity contribution in [3.05, 3.63) is 60.2 Å². The lowest BCUT2D eigenvalue weighted by atomic mass is 10.00. The first-order valence-electron chi connectivity index (χ1n) is 8.65. The third-order valence-corrected chi connectivity index (χ3v) is 4.90. The van der Waals surface area contributed by atoms with Gasteiger partial charge in [-0.2, -0.15) is 0 Å². The van der Waals surface area contributed by atoms with Crippen molar-refractivity contribution in [2.24, 2.45) is 0 Å². The summed E-state index contributed by atoms with van der Waals surface area (Å²) >= 11 is 0. The summed E-state index contributed by atoms with van der Waals surface area (Å²) in [6.45, 7) is 3.73. The van der Waals surface area contributed by atoms with Crippen LogP contribution in [0.3, 0.4) is 0 Å². The number of carbonyl (C=O) groups excluding carboxylic acids is 1. The van der Waals surface area contributed by atoms with Gasteiger partial charge in [0.25, 0.3) is 0 Å². The van der Waals surface area contributed by atoms with E-state index < -0.39 is 0 Å². The van der Waals surface area contributed by atoms with E-state index in [9.17, 15) is 4.79 Å². The van der Waals surface area contributed by atoms with Gasteiger partial charge in [0.2, 0.25) is 0 Å². The maximum atomic E-state index is 11.9. The highest BCUT2D eigenvalue weighted by molar-refractivity contribution is 6.07. The molecular weight excluding hydrogens is 310 g/mol. The fourth-order valence-corrected chi connectivity index (χ4v) is 3.46. The molecule has 0 spiro atoms. The third kappa shape index (κ3) is 2.89. The standard InChI is InChI=1S/C21H21N3O/c1-23-11-13-24(14-12-23)21-19(15-25)17-9-5-6-10-18(17)20(22-21)16-7-3-2-4-8-16/h2-10,15H,11-14H2,1H3. The van der Waals surface area contributed by atoms with E-state index in [1.54, 1.807) is 0 Å². The van der Waals surface area contributed by atoms with Gasteiger partial charge in [0, 0.05) is 37.1 Å². The number of aldehydes is 1. The number of anilines is 1. The predicted octanol–water partition coefficient (Wildman–Crippen LogP) is 3.47. The largest absolute Gasteiger partial charge is 0.353 e. The van der Waals surface area contributed by atoms with Gasteiger partial charge in [0.05, 0.1) is 11.3 Å². The van der Waals surface area contributed by atoms with Crippen molar-refractivity contribution >= 4 is 22.9 Å². The molecule has 0 N–H and O–H groups in total. The number of piperazine rings is 1. The monoisotopic (exact) mass is 331 g/mol. The predicted molar refractivity (Wildman–Crippen MR) is 102 cm³/mol. The number of fused-ring (bicyclic) bond motifs is 1. The van der Waals surface area contributed by atoms with Gasteiger partial charge in [0.15, 0.2) is 6.29 Å². The highest BCUT2D eigenvalue weighted by Crippen LogP contribution is 2.33. The molecule has 2 heterocycles. The molecule has 0 bridgehead atoms. The number of rotatable bonds is 3. The van der Waals surface area contributed by atoms with E-state index in [1.165, 1.54) is 0 Å². The topological polar surface area (TPSA) is 36.4 Å². The molecule has 3 aromatic rings. The van der Waals surface area contributed by atoms with Crippen LogP contribution in [0, 0.1) is 0 Å². The molecule has 1 saturated heterocycles. The summed E-state index contributed by atoms with van der Waals surface area (Å²) in [5, 5.41) is 1.99. The van der Waals surface area contributed by atoms with Gasteiger partial charge >= 0.3 is 0 Å². The summed E-state index contributed by atoms with van der Waals surface area (Å²) in [6, 6.07) is 18.2. The first kappa shape index (κ1) is 15.8. The van der Waals surface area contributed by atoms with Crippen LogP contribution in [0.1, 0.15) is 10.4 Å². The summed E-state index contributed by atoms with van der Waals surface area (Å²) in [6.07, 6.45) is 0.956. The molecule has 4 rings (SSSR count). The van der Waals surface area contributed by atoms with Crippen LogP contribution in [-0.2, 0) is 0 Å². The first-order valence-corrected chi connectivity index (χ1v) is 8.65. The average Bonchev–Trinajstić information content (AvgIpc) is 2.68. The van der Waals surface area contributed by atoms with Crippen molar-refractivity contribution < 1.29 is 4.79 Å². The summed E-state index contributed by atoms with van der Waals surface area (Å²) < 4.78 is 0. The van der Waals surface area contributed by atoms with Crippen molar-refractivity contribution in [2.45, 2.75) is 0 Å². The van der Waals surface area contributed by atoms with Crippen LogP contribution >= 0.6 is 0 Å². The molecule has 1 aliphatic heterocycles. The maximum Gasteiger partial charge on any atom is 0.154 e. The fourth-order valence-electron chi connectivity index (χ4n) is 3.46. The van der Waals surface area contributed by atoms with Gasteiger partial charge in [-0.3, -0.25) is 4.79 Å². The van der Waals surface area contributed by atoms with Crippen LogP contribution in [0.2, 0.25) is 0 Å². The quantitative estimate of drug-likeness (QED) is 0.689. The van der Waals surface area contributed by atoms with Crippen molar-refractivity contribution in [2.75, 3.05) is 38.1 Å². The summed E-state index contributed by atoms with van der Waals surface area (Å²) in [7, 11) is 2.13. The molecule has 2 aromatic carbocycles. The molecule has 126 valence electrons. The first-order chi connectivity index (χ1) is 12.3. The number of nitrogens with zero attached hydrogens (tertiary/aromatic N) is 3. The Kier molecular flexibility index (Phi) is 4.20. The number of hydrogen-bond acceptors (Lipinski definition) is 4. The van der Waals surface area contributed by atoms with E-state index in [4.69, 9.17) is 4.98 Å². The zero-order valence-electron chi connectivity index (χ0n) is 14.4. The van der Waals surface area contributed by atoms with E-state index >= 15 is 0 Å². The smallest absolute Gasteiger partial charge is 0.154 e. The van der Waals surface area contributed by atoms with E-state index in [0.717, 1.165) is 60.3 Å². The van der Waals surface area contributed by atoms with Crippen molar-refractivity contribution in [3.8, 4) is 11.3 Å². The van der Waals surface area contributed by atoms with Crippen molar-refractivity contribution in [1.29, 1.82) is 0 Å². The van der Waals surface area contributed by atoms with Gasteiger partial charge in [0.1, 0.15) is 5.82 Å². The Balaban J connectivity index is 1.94. The highest BCUT2D eigenvalue weighted by atomic mass is 16.1. The molecule has 25 heavy (non-hydrogen) atoms. The number of likely N-dealkylation sites (N-methyl/N-ethyl adjacent to an activating group) is 1. The van der Waals surface area contributed by atoms with Crippen LogP contribution < -0.4 is 4.90 Å². The number of benzene rings is 2. The molecule has 0 unspecified atom stereocenters. The Bertz CT molecular complexity index is 900. The molecule has 4 heteroatoms. The minimum absolute atomic E-state index is 0.694. The van der Waals surface area contributed by atoms with Gasteiger partial charge in [-0.25, -0.2) is 4.98 Å². The van der Waals surface area contributed by atoms with Crippen LogP contribution in [0.4, 0.5) is 5.82 Å². The average molecular weight is 331 g/mol. The molecule has 4 nitrogen and oxygen atoms in total. The zero-order valence-corrected chi connectivity index (χ0v) is 14.4. The second kappa shape index (κ2) is 6.65. The van der Waals surface area contributed by atoms with Crippen molar-refractivity contribution in [3.63, 3.8) is 0 Å². The SMILES string of the molecule is CN1CCN(c2nc(-c3ccccc3)c3ccccc3c2C=O)CC1. The van der Waals surface area contributed by atoms with Crippen molar-refractivity contribution in [1.82, 2.24) is 9.88 Å². The van der Waals surface area contributed by atoms with Crippen LogP contribution in [0.5, 0.6) is 0 Å². The fraction of sp³-hybridized carbons (Fsp3) is 0.238.